The Balaban J connectivity index is 1.55. The minimum Gasteiger partial charge on any atom is -0.322 e. The highest BCUT2D eigenvalue weighted by molar-refractivity contribution is 7.92. The summed E-state index contributed by atoms with van der Waals surface area (Å²) in [5.41, 5.74) is 4.86. The summed E-state index contributed by atoms with van der Waals surface area (Å²) in [4.78, 5) is 12.7. The maximum absolute atomic E-state index is 12.7. The molecule has 4 rings (SSSR count). The predicted octanol–water partition coefficient (Wildman–Crippen LogP) is 3.93. The molecule has 3 aromatic carbocycles. The molecule has 0 bridgehead atoms. The van der Waals surface area contributed by atoms with Gasteiger partial charge in [0.25, 0.3) is 5.91 Å². The Morgan fingerprint density at radius 2 is 1.68 bits per heavy atom. The first kappa shape index (κ1) is 18.3. The topological polar surface area (TPSA) is 66.5 Å². The summed E-state index contributed by atoms with van der Waals surface area (Å²) in [7, 11) is -3.28. The van der Waals surface area contributed by atoms with Gasteiger partial charge in [0.15, 0.2) is 0 Å². The van der Waals surface area contributed by atoms with Crippen molar-refractivity contribution in [3.8, 4) is 11.1 Å². The van der Waals surface area contributed by atoms with Gasteiger partial charge in [0.1, 0.15) is 0 Å². The molecular weight excluding hydrogens is 372 g/mol. The molecule has 1 amide bonds. The number of rotatable bonds is 4. The van der Waals surface area contributed by atoms with Crippen molar-refractivity contribution in [2.45, 2.75) is 6.42 Å². The lowest BCUT2D eigenvalue weighted by Gasteiger charge is -2.16. The summed E-state index contributed by atoms with van der Waals surface area (Å²) in [6.07, 6.45) is 1.84. The monoisotopic (exact) mass is 392 g/mol. The van der Waals surface area contributed by atoms with Gasteiger partial charge in [-0.15, -0.1) is 0 Å². The van der Waals surface area contributed by atoms with Crippen molar-refractivity contribution >= 4 is 27.3 Å². The quantitative estimate of drug-likeness (QED) is 0.732. The smallest absolute Gasteiger partial charge is 0.255 e. The molecule has 142 valence electrons. The number of anilines is 2. The lowest BCUT2D eigenvalue weighted by Crippen LogP contribution is -2.27. The standard InChI is InChI=1S/C22H20N2O3S/c1-28(26,27)24-13-12-18-15-20(10-11-21(18)24)23-22(25)19-9-5-8-17(14-19)16-6-3-2-4-7-16/h2-11,14-15H,12-13H2,1H3,(H,23,25). The van der Waals surface area contributed by atoms with Crippen LogP contribution in [0.4, 0.5) is 11.4 Å². The van der Waals surface area contributed by atoms with Gasteiger partial charge in [-0.05, 0) is 53.4 Å². The normalized spacial score (nSPS) is 13.2. The molecule has 3 aromatic rings. The molecule has 0 aliphatic carbocycles. The molecule has 0 aromatic heterocycles. The van der Waals surface area contributed by atoms with E-state index in [0.29, 0.717) is 29.9 Å². The van der Waals surface area contributed by atoms with Crippen LogP contribution in [0.15, 0.2) is 72.8 Å². The number of benzene rings is 3. The Morgan fingerprint density at radius 3 is 2.43 bits per heavy atom. The van der Waals surface area contributed by atoms with E-state index >= 15 is 0 Å². The molecule has 0 fully saturated rings. The third-order valence-electron chi connectivity index (χ3n) is 4.82. The van der Waals surface area contributed by atoms with Crippen molar-refractivity contribution in [3.05, 3.63) is 83.9 Å². The SMILES string of the molecule is CS(=O)(=O)N1CCc2cc(NC(=O)c3cccc(-c4ccccc4)c3)ccc21. The van der Waals surface area contributed by atoms with Crippen LogP contribution in [0.1, 0.15) is 15.9 Å². The van der Waals surface area contributed by atoms with E-state index in [-0.39, 0.29) is 5.91 Å². The highest BCUT2D eigenvalue weighted by Gasteiger charge is 2.26. The summed E-state index contributed by atoms with van der Waals surface area (Å²) in [5.74, 6) is -0.198. The fourth-order valence-electron chi connectivity index (χ4n) is 3.47. The molecule has 0 spiro atoms. The van der Waals surface area contributed by atoms with Gasteiger partial charge in [-0.25, -0.2) is 8.42 Å². The van der Waals surface area contributed by atoms with Gasteiger partial charge in [-0.3, -0.25) is 9.10 Å². The number of carbonyl (C=O) groups excluding carboxylic acids is 1. The lowest BCUT2D eigenvalue weighted by atomic mass is 10.0. The number of nitrogens with one attached hydrogen (secondary N) is 1. The maximum Gasteiger partial charge on any atom is 0.255 e. The second-order valence-corrected chi connectivity index (χ2v) is 8.74. The van der Waals surface area contributed by atoms with Crippen molar-refractivity contribution in [1.82, 2.24) is 0 Å². The van der Waals surface area contributed by atoms with Crippen LogP contribution in [0.25, 0.3) is 11.1 Å². The zero-order valence-corrected chi connectivity index (χ0v) is 16.2. The highest BCUT2D eigenvalue weighted by Crippen LogP contribution is 2.32. The predicted molar refractivity (Wildman–Crippen MR) is 112 cm³/mol. The minimum absolute atomic E-state index is 0.198. The third kappa shape index (κ3) is 3.64. The average molecular weight is 392 g/mol. The van der Waals surface area contributed by atoms with E-state index in [1.54, 1.807) is 18.2 Å². The largest absolute Gasteiger partial charge is 0.322 e. The molecule has 6 heteroatoms. The van der Waals surface area contributed by atoms with Gasteiger partial charge in [0, 0.05) is 17.8 Å². The van der Waals surface area contributed by atoms with Crippen molar-refractivity contribution in [2.75, 3.05) is 22.4 Å². The first-order valence-electron chi connectivity index (χ1n) is 8.99. The van der Waals surface area contributed by atoms with Crippen LogP contribution >= 0.6 is 0 Å². The zero-order valence-electron chi connectivity index (χ0n) is 15.4. The van der Waals surface area contributed by atoms with E-state index in [9.17, 15) is 13.2 Å². The number of nitrogens with zero attached hydrogens (tertiary/aromatic N) is 1. The van der Waals surface area contributed by atoms with Crippen LogP contribution in [0.2, 0.25) is 0 Å². The zero-order chi connectivity index (χ0) is 19.7. The first-order chi connectivity index (χ1) is 13.4. The summed E-state index contributed by atoms with van der Waals surface area (Å²) in [6, 6.07) is 22.7. The van der Waals surface area contributed by atoms with Gasteiger partial charge >= 0.3 is 0 Å². The van der Waals surface area contributed by atoms with Crippen LogP contribution in [-0.2, 0) is 16.4 Å². The van der Waals surface area contributed by atoms with E-state index in [1.807, 2.05) is 54.6 Å². The van der Waals surface area contributed by atoms with E-state index in [4.69, 9.17) is 0 Å². The Hall–Kier alpha value is -3.12. The molecule has 0 saturated carbocycles. The first-order valence-corrected chi connectivity index (χ1v) is 10.8. The van der Waals surface area contributed by atoms with Crippen LogP contribution in [0, 0.1) is 0 Å². The highest BCUT2D eigenvalue weighted by atomic mass is 32.2. The Labute approximate surface area is 164 Å². The van der Waals surface area contributed by atoms with Gasteiger partial charge in [0.05, 0.1) is 11.9 Å². The minimum atomic E-state index is -3.28. The second-order valence-electron chi connectivity index (χ2n) is 6.83. The van der Waals surface area contributed by atoms with Crippen LogP contribution < -0.4 is 9.62 Å². The number of carbonyl (C=O) groups is 1. The Morgan fingerprint density at radius 1 is 0.929 bits per heavy atom. The molecule has 28 heavy (non-hydrogen) atoms. The van der Waals surface area contributed by atoms with Crippen molar-refractivity contribution < 1.29 is 13.2 Å². The molecule has 0 unspecified atom stereocenters. The molecule has 1 heterocycles. The van der Waals surface area contributed by atoms with E-state index in [0.717, 1.165) is 16.7 Å². The summed E-state index contributed by atoms with van der Waals surface area (Å²) in [5, 5.41) is 2.91. The van der Waals surface area contributed by atoms with E-state index in [2.05, 4.69) is 5.32 Å². The fourth-order valence-corrected chi connectivity index (χ4v) is 4.43. The Kier molecular flexibility index (Phi) is 4.65. The maximum atomic E-state index is 12.7. The second kappa shape index (κ2) is 7.13. The van der Waals surface area contributed by atoms with Crippen molar-refractivity contribution in [2.24, 2.45) is 0 Å². The van der Waals surface area contributed by atoms with Crippen LogP contribution in [0.3, 0.4) is 0 Å². The molecule has 1 aliphatic heterocycles. The molecule has 1 aliphatic rings. The molecule has 0 radical (unpaired) electrons. The molecule has 0 atom stereocenters. The van der Waals surface area contributed by atoms with Crippen LogP contribution in [-0.4, -0.2) is 27.1 Å². The summed E-state index contributed by atoms with van der Waals surface area (Å²) in [6.45, 7) is 0.435. The third-order valence-corrected chi connectivity index (χ3v) is 6.00. The number of hydrogen-bond acceptors (Lipinski definition) is 3. The van der Waals surface area contributed by atoms with Gasteiger partial charge in [-0.2, -0.15) is 0 Å². The van der Waals surface area contributed by atoms with Gasteiger partial charge in [-0.1, -0.05) is 42.5 Å². The number of fused-ring (bicyclic) bond motifs is 1. The van der Waals surface area contributed by atoms with Gasteiger partial charge in [0.2, 0.25) is 10.0 Å². The Bertz CT molecular complexity index is 1140. The fraction of sp³-hybridized carbons (Fsp3) is 0.136. The molecule has 5 nitrogen and oxygen atoms in total. The van der Waals surface area contributed by atoms with E-state index < -0.39 is 10.0 Å². The van der Waals surface area contributed by atoms with Crippen LogP contribution in [0.5, 0.6) is 0 Å². The van der Waals surface area contributed by atoms with Crippen molar-refractivity contribution in [1.29, 1.82) is 0 Å². The number of amides is 1. The number of sulfonamides is 1. The summed E-state index contributed by atoms with van der Waals surface area (Å²) < 4.78 is 25.1. The molecule has 1 N–H and O–H groups in total. The lowest BCUT2D eigenvalue weighted by molar-refractivity contribution is 0.102. The average Bonchev–Trinajstić information content (AvgIpc) is 3.12. The summed E-state index contributed by atoms with van der Waals surface area (Å²) >= 11 is 0. The van der Waals surface area contributed by atoms with Gasteiger partial charge < -0.3 is 5.32 Å². The molecule has 0 saturated heterocycles. The van der Waals surface area contributed by atoms with Crippen molar-refractivity contribution in [3.63, 3.8) is 0 Å². The van der Waals surface area contributed by atoms with E-state index in [1.165, 1.54) is 10.6 Å². The molecular formula is C22H20N2O3S. The number of hydrogen-bond donors (Lipinski definition) is 1.